The molecule has 1 aliphatic carbocycles. The van der Waals surface area contributed by atoms with Crippen molar-refractivity contribution < 1.29 is 9.53 Å². The Kier molecular flexibility index (Phi) is 5.27. The van der Waals surface area contributed by atoms with Crippen molar-refractivity contribution in [3.8, 4) is 0 Å². The summed E-state index contributed by atoms with van der Waals surface area (Å²) in [5.41, 5.74) is 6.01. The Morgan fingerprint density at radius 2 is 1.71 bits per heavy atom. The van der Waals surface area contributed by atoms with Gasteiger partial charge in [-0.3, -0.25) is 0 Å². The van der Waals surface area contributed by atoms with Gasteiger partial charge in [0.25, 0.3) is 0 Å². The lowest BCUT2D eigenvalue weighted by atomic mass is 9.62. The van der Waals surface area contributed by atoms with Crippen LogP contribution in [0.1, 0.15) is 82.6 Å². The fourth-order valence-corrected chi connectivity index (χ4v) is 3.75. The molecule has 0 saturated heterocycles. The predicted molar refractivity (Wildman–Crippen MR) is 101 cm³/mol. The number of fused-ring (bicyclic) bond motifs is 1. The first kappa shape index (κ1) is 18.8. The molecular formula is C22H32O2. The molecule has 2 nitrogen and oxygen atoms in total. The second kappa shape index (κ2) is 6.74. The number of aryl methyl sites for hydroxylation is 1. The van der Waals surface area contributed by atoms with Gasteiger partial charge in [-0.2, -0.15) is 0 Å². The minimum absolute atomic E-state index is 0.195. The van der Waals surface area contributed by atoms with E-state index in [1.54, 1.807) is 6.08 Å². The third kappa shape index (κ3) is 3.74. The zero-order valence-corrected chi connectivity index (χ0v) is 16.3. The van der Waals surface area contributed by atoms with Gasteiger partial charge in [0.1, 0.15) is 0 Å². The minimum Gasteiger partial charge on any atom is -0.463 e. The monoisotopic (exact) mass is 328 g/mol. The Hall–Kier alpha value is -1.57. The number of benzene rings is 1. The molecule has 0 saturated carbocycles. The lowest BCUT2D eigenvalue weighted by molar-refractivity contribution is -0.137. The quantitative estimate of drug-likeness (QED) is 0.534. The van der Waals surface area contributed by atoms with Gasteiger partial charge < -0.3 is 4.74 Å². The van der Waals surface area contributed by atoms with Crippen LogP contribution in [0, 0.1) is 6.92 Å². The summed E-state index contributed by atoms with van der Waals surface area (Å²) in [6, 6.07) is 4.76. The van der Waals surface area contributed by atoms with Crippen LogP contribution >= 0.6 is 0 Å². The predicted octanol–water partition coefficient (Wildman–Crippen LogP) is 5.57. The van der Waals surface area contributed by atoms with Crippen LogP contribution in [0.5, 0.6) is 0 Å². The summed E-state index contributed by atoms with van der Waals surface area (Å²) in [6.45, 7) is 16.0. The van der Waals surface area contributed by atoms with Gasteiger partial charge in [0.05, 0.1) is 6.61 Å². The van der Waals surface area contributed by atoms with Crippen molar-refractivity contribution in [3.05, 3.63) is 46.5 Å². The van der Waals surface area contributed by atoms with E-state index in [4.69, 9.17) is 4.74 Å². The summed E-state index contributed by atoms with van der Waals surface area (Å²) in [5, 5.41) is 0. The highest BCUT2D eigenvalue weighted by Gasteiger charge is 2.37. The topological polar surface area (TPSA) is 26.3 Å². The Balaban J connectivity index is 2.42. The summed E-state index contributed by atoms with van der Waals surface area (Å²) in [6.07, 6.45) is 5.95. The first-order valence-electron chi connectivity index (χ1n) is 9.09. The molecule has 2 heteroatoms. The van der Waals surface area contributed by atoms with E-state index in [-0.39, 0.29) is 22.7 Å². The van der Waals surface area contributed by atoms with E-state index < -0.39 is 0 Å². The summed E-state index contributed by atoms with van der Waals surface area (Å²) in [4.78, 5) is 11.6. The number of allylic oxidation sites excluding steroid dienone is 1. The van der Waals surface area contributed by atoms with Crippen molar-refractivity contribution in [3.63, 3.8) is 0 Å². The molecule has 0 heterocycles. The van der Waals surface area contributed by atoms with E-state index in [0.29, 0.717) is 6.61 Å². The largest absolute Gasteiger partial charge is 0.463 e. The van der Waals surface area contributed by atoms with Crippen LogP contribution < -0.4 is 0 Å². The number of rotatable bonds is 4. The molecule has 1 unspecified atom stereocenters. The molecular weight excluding hydrogens is 296 g/mol. The molecule has 1 aromatic carbocycles. The maximum absolute atomic E-state index is 11.6. The number of carbonyl (C=O) groups excluding carboxylic acids is 1. The van der Waals surface area contributed by atoms with Crippen LogP contribution in [-0.4, -0.2) is 12.6 Å². The van der Waals surface area contributed by atoms with Crippen molar-refractivity contribution in [2.75, 3.05) is 6.61 Å². The molecule has 0 bridgehead atoms. The highest BCUT2D eigenvalue weighted by Crippen LogP contribution is 2.47. The van der Waals surface area contributed by atoms with Crippen LogP contribution in [0.15, 0.2) is 24.3 Å². The molecule has 1 aromatic rings. The fraction of sp³-hybridized carbons (Fsp3) is 0.591. The van der Waals surface area contributed by atoms with E-state index in [1.807, 2.05) is 13.0 Å². The Bertz CT molecular complexity index is 650. The molecule has 1 aliphatic rings. The van der Waals surface area contributed by atoms with Gasteiger partial charge in [-0.1, -0.05) is 52.8 Å². The fourth-order valence-electron chi connectivity index (χ4n) is 3.75. The highest BCUT2D eigenvalue weighted by atomic mass is 16.5. The molecule has 0 amide bonds. The summed E-state index contributed by atoms with van der Waals surface area (Å²) in [7, 11) is 0. The van der Waals surface area contributed by atoms with Gasteiger partial charge in [0, 0.05) is 6.08 Å². The lowest BCUT2D eigenvalue weighted by Gasteiger charge is -2.42. The number of hydrogen-bond acceptors (Lipinski definition) is 2. The molecule has 132 valence electrons. The molecule has 0 aliphatic heterocycles. The summed E-state index contributed by atoms with van der Waals surface area (Å²) in [5.74, 6) is -0.0676. The van der Waals surface area contributed by atoms with Gasteiger partial charge in [-0.25, -0.2) is 4.79 Å². The zero-order valence-electron chi connectivity index (χ0n) is 16.3. The Labute approximate surface area is 147 Å². The van der Waals surface area contributed by atoms with Crippen molar-refractivity contribution in [2.24, 2.45) is 0 Å². The third-order valence-electron chi connectivity index (χ3n) is 5.54. The molecule has 0 N–H and O–H groups in total. The number of hydrogen-bond donors (Lipinski definition) is 0. The van der Waals surface area contributed by atoms with Crippen LogP contribution in [0.3, 0.4) is 0 Å². The minimum atomic E-state index is -0.263. The molecule has 0 radical (unpaired) electrons. The highest BCUT2D eigenvalue weighted by molar-refractivity contribution is 5.82. The number of carbonyl (C=O) groups is 1. The summed E-state index contributed by atoms with van der Waals surface area (Å²) < 4.78 is 4.98. The molecule has 0 aromatic heterocycles. The molecule has 2 rings (SSSR count). The van der Waals surface area contributed by atoms with E-state index in [1.165, 1.54) is 35.1 Å². The van der Waals surface area contributed by atoms with E-state index in [9.17, 15) is 4.79 Å². The Morgan fingerprint density at radius 1 is 1.17 bits per heavy atom. The molecule has 24 heavy (non-hydrogen) atoms. The summed E-state index contributed by atoms with van der Waals surface area (Å²) >= 11 is 0. The molecule has 0 fully saturated rings. The van der Waals surface area contributed by atoms with Crippen molar-refractivity contribution in [2.45, 2.75) is 78.1 Å². The smallest absolute Gasteiger partial charge is 0.330 e. The molecule has 0 spiro atoms. The van der Waals surface area contributed by atoms with Crippen molar-refractivity contribution in [1.82, 2.24) is 0 Å². The molecule has 1 atom stereocenters. The lowest BCUT2D eigenvalue weighted by Crippen LogP contribution is -2.34. The van der Waals surface area contributed by atoms with E-state index in [0.717, 1.165) is 0 Å². The second-order valence-corrected chi connectivity index (χ2v) is 8.42. The van der Waals surface area contributed by atoms with Gasteiger partial charge in [0.15, 0.2) is 0 Å². The standard InChI is InChI=1S/C22H32O2/c1-8-24-20(23)10-9-15(2)17-14-19-18(13-16(17)3)21(4,5)11-12-22(19,6)7/h9-10,13-15H,8,11-12H2,1-7H3. The van der Waals surface area contributed by atoms with Crippen molar-refractivity contribution in [1.29, 1.82) is 0 Å². The normalized spacial score (nSPS) is 19.8. The first-order chi connectivity index (χ1) is 11.1. The van der Waals surface area contributed by atoms with Crippen molar-refractivity contribution >= 4 is 5.97 Å². The number of ether oxygens (including phenoxy) is 1. The van der Waals surface area contributed by atoms with Crippen LogP contribution in [0.2, 0.25) is 0 Å². The van der Waals surface area contributed by atoms with Gasteiger partial charge in [0.2, 0.25) is 0 Å². The van der Waals surface area contributed by atoms with Gasteiger partial charge in [-0.05, 0) is 65.7 Å². The van der Waals surface area contributed by atoms with Crippen LogP contribution in [0.4, 0.5) is 0 Å². The van der Waals surface area contributed by atoms with Crippen LogP contribution in [-0.2, 0) is 20.4 Å². The second-order valence-electron chi connectivity index (χ2n) is 8.42. The van der Waals surface area contributed by atoms with Crippen LogP contribution in [0.25, 0.3) is 0 Å². The zero-order chi connectivity index (χ0) is 18.1. The average Bonchev–Trinajstić information content (AvgIpc) is 2.49. The first-order valence-corrected chi connectivity index (χ1v) is 9.09. The van der Waals surface area contributed by atoms with E-state index in [2.05, 4.69) is 53.7 Å². The Morgan fingerprint density at radius 3 is 2.25 bits per heavy atom. The van der Waals surface area contributed by atoms with Gasteiger partial charge >= 0.3 is 5.97 Å². The maximum Gasteiger partial charge on any atom is 0.330 e. The van der Waals surface area contributed by atoms with Gasteiger partial charge in [-0.15, -0.1) is 0 Å². The maximum atomic E-state index is 11.6. The van der Waals surface area contributed by atoms with E-state index >= 15 is 0 Å². The average molecular weight is 328 g/mol. The third-order valence-corrected chi connectivity index (χ3v) is 5.54. The number of esters is 1. The SMILES string of the molecule is CCOC(=O)C=CC(C)c1cc2c(cc1C)C(C)(C)CCC2(C)C.